The van der Waals surface area contributed by atoms with Crippen molar-refractivity contribution in [3.8, 4) is 0 Å². The van der Waals surface area contributed by atoms with Crippen LogP contribution in [0.15, 0.2) is 18.5 Å². The van der Waals surface area contributed by atoms with Gasteiger partial charge in [-0.2, -0.15) is 0 Å². The predicted molar refractivity (Wildman–Crippen MR) is 43.3 cm³/mol. The van der Waals surface area contributed by atoms with Crippen molar-refractivity contribution in [3.05, 3.63) is 24.3 Å². The molecule has 4 nitrogen and oxygen atoms in total. The molecule has 4 heteroatoms. The van der Waals surface area contributed by atoms with Gasteiger partial charge in [0.2, 0.25) is 0 Å². The predicted octanol–water partition coefficient (Wildman–Crippen LogP) is 0.0509. The van der Waals surface area contributed by atoms with Gasteiger partial charge in [-0.05, 0) is 12.5 Å². The minimum Gasteiger partial charge on any atom is -0.379 e. The molecule has 1 saturated heterocycles. The maximum atomic E-state index is 6.03. The van der Waals surface area contributed by atoms with Gasteiger partial charge >= 0.3 is 0 Å². The van der Waals surface area contributed by atoms with Crippen molar-refractivity contribution in [3.63, 3.8) is 0 Å². The molecule has 0 aliphatic carbocycles. The number of ether oxygens (including phenoxy) is 1. The third-order valence-corrected chi connectivity index (χ3v) is 2.06. The Bertz CT molecular complexity index is 256. The van der Waals surface area contributed by atoms with Gasteiger partial charge in [-0.1, -0.05) is 0 Å². The molecule has 0 radical (unpaired) electrons. The SMILES string of the molecule is NC1(c2ncccn2)CCOC1. The quantitative estimate of drug-likeness (QED) is 0.638. The van der Waals surface area contributed by atoms with Crippen molar-refractivity contribution in [1.82, 2.24) is 9.97 Å². The monoisotopic (exact) mass is 165 g/mol. The Morgan fingerprint density at radius 3 is 2.75 bits per heavy atom. The van der Waals surface area contributed by atoms with E-state index >= 15 is 0 Å². The topological polar surface area (TPSA) is 61.0 Å². The minimum absolute atomic E-state index is 0.457. The lowest BCUT2D eigenvalue weighted by Gasteiger charge is -2.18. The molecule has 1 aliphatic heterocycles. The number of hydrogen-bond acceptors (Lipinski definition) is 4. The molecule has 64 valence electrons. The molecule has 0 bridgehead atoms. The van der Waals surface area contributed by atoms with Crippen molar-refractivity contribution >= 4 is 0 Å². The van der Waals surface area contributed by atoms with Crippen molar-refractivity contribution < 1.29 is 4.74 Å². The highest BCUT2D eigenvalue weighted by Gasteiger charge is 2.34. The number of nitrogens with zero attached hydrogens (tertiary/aromatic N) is 2. The van der Waals surface area contributed by atoms with E-state index in [1.165, 1.54) is 0 Å². The van der Waals surface area contributed by atoms with Crippen LogP contribution in [0, 0.1) is 0 Å². The summed E-state index contributed by atoms with van der Waals surface area (Å²) in [7, 11) is 0. The van der Waals surface area contributed by atoms with E-state index in [1.54, 1.807) is 18.5 Å². The Kier molecular flexibility index (Phi) is 1.78. The Balaban J connectivity index is 2.29. The second-order valence-corrected chi connectivity index (χ2v) is 3.03. The zero-order chi connectivity index (χ0) is 8.44. The normalized spacial score (nSPS) is 29.1. The lowest BCUT2D eigenvalue weighted by atomic mass is 9.99. The first kappa shape index (κ1) is 7.64. The van der Waals surface area contributed by atoms with Gasteiger partial charge in [0.15, 0.2) is 0 Å². The van der Waals surface area contributed by atoms with Gasteiger partial charge in [0.1, 0.15) is 11.4 Å². The van der Waals surface area contributed by atoms with Gasteiger partial charge in [-0.3, -0.25) is 0 Å². The summed E-state index contributed by atoms with van der Waals surface area (Å²) in [6.07, 6.45) is 4.21. The van der Waals surface area contributed by atoms with Crippen LogP contribution in [0.3, 0.4) is 0 Å². The van der Waals surface area contributed by atoms with Crippen LogP contribution in [-0.4, -0.2) is 23.2 Å². The summed E-state index contributed by atoms with van der Waals surface area (Å²) in [5, 5.41) is 0. The van der Waals surface area contributed by atoms with E-state index in [1.807, 2.05) is 0 Å². The van der Waals surface area contributed by atoms with E-state index in [0.29, 0.717) is 19.0 Å². The standard InChI is InChI=1S/C8H11N3O/c9-8(2-5-12-6-8)7-10-3-1-4-11-7/h1,3-4H,2,5-6,9H2. The molecule has 1 fully saturated rings. The fraction of sp³-hybridized carbons (Fsp3) is 0.500. The molecular weight excluding hydrogens is 154 g/mol. The number of aromatic nitrogens is 2. The number of nitrogens with two attached hydrogens (primary N) is 1. The molecule has 0 aromatic carbocycles. The maximum absolute atomic E-state index is 6.03. The minimum atomic E-state index is -0.457. The number of hydrogen-bond donors (Lipinski definition) is 1. The third-order valence-electron chi connectivity index (χ3n) is 2.06. The molecule has 1 aromatic heterocycles. The first-order chi connectivity index (χ1) is 5.81. The molecule has 2 rings (SSSR count). The largest absolute Gasteiger partial charge is 0.379 e. The fourth-order valence-electron chi connectivity index (χ4n) is 1.31. The highest BCUT2D eigenvalue weighted by Crippen LogP contribution is 2.23. The van der Waals surface area contributed by atoms with Gasteiger partial charge in [0.25, 0.3) is 0 Å². The Labute approximate surface area is 70.8 Å². The average molecular weight is 165 g/mol. The van der Waals surface area contributed by atoms with Gasteiger partial charge < -0.3 is 10.5 Å². The summed E-state index contributed by atoms with van der Waals surface area (Å²) < 4.78 is 5.21. The molecular formula is C8H11N3O. The summed E-state index contributed by atoms with van der Waals surface area (Å²) >= 11 is 0. The Morgan fingerprint density at radius 1 is 1.42 bits per heavy atom. The Hall–Kier alpha value is -1.00. The summed E-state index contributed by atoms with van der Waals surface area (Å²) in [6, 6.07) is 1.78. The first-order valence-corrected chi connectivity index (χ1v) is 3.95. The molecule has 1 atom stereocenters. The van der Waals surface area contributed by atoms with Crippen molar-refractivity contribution in [2.45, 2.75) is 12.0 Å². The summed E-state index contributed by atoms with van der Waals surface area (Å²) in [5.74, 6) is 0.683. The van der Waals surface area contributed by atoms with Gasteiger partial charge in [0.05, 0.1) is 6.61 Å². The van der Waals surface area contributed by atoms with E-state index in [4.69, 9.17) is 10.5 Å². The molecule has 2 N–H and O–H groups in total. The van der Waals surface area contributed by atoms with E-state index in [2.05, 4.69) is 9.97 Å². The van der Waals surface area contributed by atoms with E-state index in [-0.39, 0.29) is 0 Å². The van der Waals surface area contributed by atoms with Crippen LogP contribution < -0.4 is 5.73 Å². The van der Waals surface area contributed by atoms with Crippen LogP contribution in [0.1, 0.15) is 12.2 Å². The van der Waals surface area contributed by atoms with E-state index in [0.717, 1.165) is 6.42 Å². The van der Waals surface area contributed by atoms with Crippen LogP contribution in [0.2, 0.25) is 0 Å². The third kappa shape index (κ3) is 1.19. The molecule has 1 unspecified atom stereocenters. The van der Waals surface area contributed by atoms with Gasteiger partial charge in [0, 0.05) is 19.0 Å². The van der Waals surface area contributed by atoms with Crippen molar-refractivity contribution in [2.24, 2.45) is 5.73 Å². The molecule has 2 heterocycles. The second-order valence-electron chi connectivity index (χ2n) is 3.03. The molecule has 0 amide bonds. The van der Waals surface area contributed by atoms with Crippen LogP contribution in [0.5, 0.6) is 0 Å². The molecule has 0 saturated carbocycles. The summed E-state index contributed by atoms with van der Waals surface area (Å²) in [6.45, 7) is 1.23. The van der Waals surface area contributed by atoms with Crippen LogP contribution in [0.25, 0.3) is 0 Å². The lowest BCUT2D eigenvalue weighted by Crippen LogP contribution is -2.38. The first-order valence-electron chi connectivity index (χ1n) is 3.95. The Morgan fingerprint density at radius 2 is 2.17 bits per heavy atom. The zero-order valence-corrected chi connectivity index (χ0v) is 6.73. The summed E-state index contributed by atoms with van der Waals surface area (Å²) in [5.41, 5.74) is 5.57. The van der Waals surface area contributed by atoms with Crippen LogP contribution in [-0.2, 0) is 10.3 Å². The van der Waals surface area contributed by atoms with Crippen molar-refractivity contribution in [2.75, 3.05) is 13.2 Å². The van der Waals surface area contributed by atoms with Crippen LogP contribution in [0.4, 0.5) is 0 Å². The van der Waals surface area contributed by atoms with E-state index in [9.17, 15) is 0 Å². The molecule has 1 aromatic rings. The van der Waals surface area contributed by atoms with E-state index < -0.39 is 5.54 Å². The smallest absolute Gasteiger partial charge is 0.150 e. The molecule has 1 aliphatic rings. The average Bonchev–Trinajstić information content (AvgIpc) is 2.55. The summed E-state index contributed by atoms with van der Waals surface area (Å²) in [4.78, 5) is 8.23. The maximum Gasteiger partial charge on any atom is 0.150 e. The second kappa shape index (κ2) is 2.80. The van der Waals surface area contributed by atoms with Crippen LogP contribution >= 0.6 is 0 Å². The van der Waals surface area contributed by atoms with Crippen molar-refractivity contribution in [1.29, 1.82) is 0 Å². The van der Waals surface area contributed by atoms with Gasteiger partial charge in [-0.15, -0.1) is 0 Å². The van der Waals surface area contributed by atoms with Gasteiger partial charge in [-0.25, -0.2) is 9.97 Å². The zero-order valence-electron chi connectivity index (χ0n) is 6.73. The lowest BCUT2D eigenvalue weighted by molar-refractivity contribution is 0.176. The number of rotatable bonds is 1. The highest BCUT2D eigenvalue weighted by molar-refractivity contribution is 5.06. The fourth-order valence-corrected chi connectivity index (χ4v) is 1.31. The highest BCUT2D eigenvalue weighted by atomic mass is 16.5. The molecule has 12 heavy (non-hydrogen) atoms. The molecule has 0 spiro atoms.